The molecular weight excluding hydrogens is 1020 g/mol. The fourth-order valence-electron chi connectivity index (χ4n) is 14.9. The minimum Gasteiger partial charge on any atom is -0.248 e. The molecule has 0 atom stereocenters. The van der Waals surface area contributed by atoms with Crippen LogP contribution in [0.1, 0.15) is 61.2 Å². The first kappa shape index (κ1) is 48.1. The Hall–Kier alpha value is -7.86. The highest BCUT2D eigenvalue weighted by Gasteiger charge is 2.36. The second-order valence-corrected chi connectivity index (χ2v) is 26.5. The van der Waals surface area contributed by atoms with Crippen LogP contribution in [-0.2, 0) is 12.8 Å². The van der Waals surface area contributed by atoms with Crippen LogP contribution in [0.5, 0.6) is 0 Å². The Morgan fingerprint density at radius 3 is 1.32 bits per heavy atom. The van der Waals surface area contributed by atoms with Crippen molar-refractivity contribution in [2.45, 2.75) is 61.3 Å². The standard InChI is InChI=1S/C74H55B2NS3/c1-40-26-43(4)69-49(29-40)34-50-30-41(2)27-44(5)70(50)75(69)53-22-24-67-59(38-53)60-39-54(23-25-68(60)78-67)76-71-45(6)28-42(3)31-51(71)35-52-33-47(32-46(7)72(52)76)48-36-61-56-15-9-11-21-66(56)80-74(61)62(37-48)64-19-13-18-63(77-64)58-17-12-16-57-55-14-8-10-20-65(55)79-73(57)58/h8-33,36-39H,34-35H2,1-7H3. The molecule has 16 rings (SSSR count). The average molecular weight is 1080 g/mol. The van der Waals surface area contributed by atoms with Crippen molar-refractivity contribution in [3.8, 4) is 33.6 Å². The van der Waals surface area contributed by atoms with Gasteiger partial charge in [0.1, 0.15) is 0 Å². The molecule has 0 aliphatic carbocycles. The summed E-state index contributed by atoms with van der Waals surface area (Å²) in [5.41, 5.74) is 30.8. The molecule has 80 heavy (non-hydrogen) atoms. The van der Waals surface area contributed by atoms with Crippen LogP contribution in [0.25, 0.3) is 94.2 Å². The molecule has 0 bridgehead atoms. The topological polar surface area (TPSA) is 12.9 Å². The SMILES string of the molecule is Cc1cc(C)c2c(c1)Cc1cc(C)cc(C)c1B2c1ccc2sc3ccc(B4c5c(C)cc(C)cc5Cc5cc(-c6cc(-c7cccc(-c8cccc9c8sc8ccccc89)n7)c7sc8ccccc8c7c6)cc(C)c54)cc3c2c1. The fraction of sp³-hybridized carbons (Fsp3) is 0.122. The van der Waals surface area contributed by atoms with Gasteiger partial charge >= 0.3 is 0 Å². The van der Waals surface area contributed by atoms with E-state index < -0.39 is 0 Å². The number of rotatable bonds is 5. The predicted octanol–water partition coefficient (Wildman–Crippen LogP) is 16.2. The third-order valence-corrected chi connectivity index (χ3v) is 21.5. The molecule has 4 aromatic heterocycles. The van der Waals surface area contributed by atoms with Crippen LogP contribution in [-0.4, -0.2) is 18.4 Å². The highest BCUT2D eigenvalue weighted by molar-refractivity contribution is 7.27. The van der Waals surface area contributed by atoms with E-state index in [1.54, 1.807) is 0 Å². The van der Waals surface area contributed by atoms with Crippen molar-refractivity contribution in [1.82, 2.24) is 4.98 Å². The summed E-state index contributed by atoms with van der Waals surface area (Å²) in [7, 11) is 0. The van der Waals surface area contributed by atoms with Gasteiger partial charge in [-0.15, -0.1) is 34.0 Å². The zero-order valence-electron chi connectivity index (χ0n) is 46.1. The van der Waals surface area contributed by atoms with E-state index in [-0.39, 0.29) is 13.4 Å². The molecule has 0 unspecified atom stereocenters. The molecule has 1 nitrogen and oxygen atoms in total. The Balaban J connectivity index is 0.847. The summed E-state index contributed by atoms with van der Waals surface area (Å²) in [4.78, 5) is 5.57. The molecule has 10 aromatic carbocycles. The van der Waals surface area contributed by atoms with Gasteiger partial charge in [0.2, 0.25) is 13.4 Å². The van der Waals surface area contributed by atoms with E-state index >= 15 is 0 Å². The van der Waals surface area contributed by atoms with Gasteiger partial charge in [-0.1, -0.05) is 205 Å². The summed E-state index contributed by atoms with van der Waals surface area (Å²) >= 11 is 5.68. The number of thiophene rings is 3. The van der Waals surface area contributed by atoms with Crippen molar-refractivity contribution in [2.75, 3.05) is 0 Å². The van der Waals surface area contributed by atoms with Crippen LogP contribution in [0.4, 0.5) is 0 Å². The number of nitrogens with zero attached hydrogens (tertiary/aromatic N) is 1. The summed E-state index contributed by atoms with van der Waals surface area (Å²) in [5.74, 6) is 0. The fourth-order valence-corrected chi connectivity index (χ4v) is 18.4. The number of benzene rings is 10. The molecule has 2 aliphatic rings. The molecule has 0 spiro atoms. The van der Waals surface area contributed by atoms with Crippen molar-refractivity contribution in [1.29, 1.82) is 0 Å². The Bertz CT molecular complexity index is 4950. The smallest absolute Gasteiger partial charge is 0.242 e. The van der Waals surface area contributed by atoms with E-state index in [9.17, 15) is 0 Å². The molecule has 0 N–H and O–H groups in total. The maximum atomic E-state index is 5.57. The van der Waals surface area contributed by atoms with Gasteiger partial charge in [-0.25, -0.2) is 4.98 Å². The second kappa shape index (κ2) is 18.1. The summed E-state index contributed by atoms with van der Waals surface area (Å²) in [6.07, 6.45) is 1.89. The van der Waals surface area contributed by atoms with Crippen molar-refractivity contribution < 1.29 is 0 Å². The van der Waals surface area contributed by atoms with Crippen molar-refractivity contribution in [3.05, 3.63) is 243 Å². The summed E-state index contributed by atoms with van der Waals surface area (Å²) in [6.45, 7) is 16.4. The largest absolute Gasteiger partial charge is 0.248 e. The number of hydrogen-bond donors (Lipinski definition) is 0. The lowest BCUT2D eigenvalue weighted by atomic mass is 9.32. The molecule has 6 heterocycles. The number of fused-ring (bicyclic) bond motifs is 13. The minimum absolute atomic E-state index is 0.0935. The van der Waals surface area contributed by atoms with Gasteiger partial charge in [0.05, 0.1) is 11.4 Å². The van der Waals surface area contributed by atoms with E-state index in [1.807, 2.05) is 34.0 Å². The molecule has 0 fully saturated rings. The molecule has 0 saturated heterocycles. The Morgan fingerprint density at radius 2 is 0.762 bits per heavy atom. The summed E-state index contributed by atoms with van der Waals surface area (Å²) in [6, 6.07) is 70.3. The molecule has 0 saturated carbocycles. The van der Waals surface area contributed by atoms with E-state index in [2.05, 4.69) is 230 Å². The molecule has 0 amide bonds. The highest BCUT2D eigenvalue weighted by atomic mass is 32.1. The second-order valence-electron chi connectivity index (χ2n) is 23.3. The molecular formula is C74H55B2NS3. The van der Waals surface area contributed by atoms with Gasteiger partial charge in [0, 0.05) is 60.9 Å². The number of hydrogen-bond acceptors (Lipinski definition) is 4. The van der Waals surface area contributed by atoms with Crippen molar-refractivity contribution in [3.63, 3.8) is 0 Å². The van der Waals surface area contributed by atoms with Gasteiger partial charge in [0.25, 0.3) is 0 Å². The Morgan fingerprint density at radius 1 is 0.325 bits per heavy atom. The molecule has 380 valence electrons. The number of aryl methyl sites for hydroxylation is 7. The zero-order chi connectivity index (χ0) is 53.8. The van der Waals surface area contributed by atoms with Crippen LogP contribution in [0.2, 0.25) is 0 Å². The molecule has 2 aliphatic heterocycles. The maximum absolute atomic E-state index is 5.57. The van der Waals surface area contributed by atoms with Crippen LogP contribution in [0, 0.1) is 48.5 Å². The first-order chi connectivity index (χ1) is 39.0. The van der Waals surface area contributed by atoms with Crippen LogP contribution in [0.3, 0.4) is 0 Å². The lowest BCUT2D eigenvalue weighted by Crippen LogP contribution is -2.58. The predicted molar refractivity (Wildman–Crippen MR) is 353 cm³/mol. The third kappa shape index (κ3) is 7.45. The first-order valence-electron chi connectivity index (χ1n) is 28.2. The van der Waals surface area contributed by atoms with Crippen molar-refractivity contribution >= 4 is 141 Å². The normalized spacial score (nSPS) is 13.0. The zero-order valence-corrected chi connectivity index (χ0v) is 48.5. The van der Waals surface area contributed by atoms with Gasteiger partial charge in [0.15, 0.2) is 0 Å². The quantitative estimate of drug-likeness (QED) is 0.157. The Kier molecular flexibility index (Phi) is 10.9. The van der Waals surface area contributed by atoms with Crippen molar-refractivity contribution in [2.24, 2.45) is 0 Å². The van der Waals surface area contributed by atoms with E-state index in [0.717, 1.165) is 24.2 Å². The van der Waals surface area contributed by atoms with E-state index in [1.165, 1.54) is 177 Å². The van der Waals surface area contributed by atoms with Gasteiger partial charge in [-0.2, -0.15) is 0 Å². The lowest BCUT2D eigenvalue weighted by molar-refractivity contribution is 1.16. The van der Waals surface area contributed by atoms with Gasteiger partial charge in [-0.3, -0.25) is 0 Å². The number of pyridine rings is 1. The van der Waals surface area contributed by atoms with E-state index in [0.29, 0.717) is 0 Å². The van der Waals surface area contributed by atoms with Gasteiger partial charge < -0.3 is 0 Å². The highest BCUT2D eigenvalue weighted by Crippen LogP contribution is 2.45. The van der Waals surface area contributed by atoms with Gasteiger partial charge in [-0.05, 0) is 154 Å². The van der Waals surface area contributed by atoms with Crippen LogP contribution in [0.15, 0.2) is 182 Å². The molecule has 0 radical (unpaired) electrons. The lowest BCUT2D eigenvalue weighted by Gasteiger charge is -2.31. The summed E-state index contributed by atoms with van der Waals surface area (Å²) < 4.78 is 7.86. The summed E-state index contributed by atoms with van der Waals surface area (Å²) in [5, 5.41) is 7.90. The Labute approximate surface area is 480 Å². The average Bonchev–Trinajstić information content (AvgIpc) is 4.25. The molecule has 14 aromatic rings. The van der Waals surface area contributed by atoms with Crippen LogP contribution < -0.4 is 32.8 Å². The monoisotopic (exact) mass is 1080 g/mol. The maximum Gasteiger partial charge on any atom is 0.242 e. The minimum atomic E-state index is 0.0935. The third-order valence-electron chi connectivity index (χ3n) is 17.9. The van der Waals surface area contributed by atoms with E-state index in [4.69, 9.17) is 4.98 Å². The first-order valence-corrected chi connectivity index (χ1v) is 30.7. The molecule has 6 heteroatoms. The number of aromatic nitrogens is 1. The van der Waals surface area contributed by atoms with Crippen LogP contribution >= 0.6 is 34.0 Å².